The zero-order valence-corrected chi connectivity index (χ0v) is 12.6. The van der Waals surface area contributed by atoms with Crippen LogP contribution in [0.1, 0.15) is 19.8 Å². The van der Waals surface area contributed by atoms with Gasteiger partial charge in [0.1, 0.15) is 0 Å². The minimum absolute atomic E-state index is 0.0110. The molecular weight excluding hydrogens is 274 g/mol. The Hall–Kier alpha value is -1.10. The van der Waals surface area contributed by atoms with E-state index in [1.54, 1.807) is 12.1 Å². The number of nitrogens with two attached hydrogens (primary N) is 1. The van der Waals surface area contributed by atoms with Gasteiger partial charge in [-0.1, -0.05) is 11.6 Å². The fourth-order valence-corrected chi connectivity index (χ4v) is 2.72. The van der Waals surface area contributed by atoms with Crippen LogP contribution in [0, 0.1) is 5.92 Å². The van der Waals surface area contributed by atoms with Gasteiger partial charge in [-0.25, -0.2) is 0 Å². The van der Waals surface area contributed by atoms with Crippen LogP contribution in [-0.2, 0) is 4.79 Å². The minimum atomic E-state index is 0.0110. The van der Waals surface area contributed by atoms with Crippen LogP contribution in [0.2, 0.25) is 5.02 Å². The number of nitrogens with one attached hydrogen (secondary N) is 1. The molecular formula is C15H22ClN3O. The summed E-state index contributed by atoms with van der Waals surface area (Å²) in [5.74, 6) is 0.520. The Balaban J connectivity index is 1.88. The van der Waals surface area contributed by atoms with Crippen molar-refractivity contribution in [2.45, 2.75) is 25.8 Å². The summed E-state index contributed by atoms with van der Waals surface area (Å²) in [4.78, 5) is 14.3. The molecule has 1 aliphatic rings. The van der Waals surface area contributed by atoms with Gasteiger partial charge in [-0.3, -0.25) is 9.69 Å². The van der Waals surface area contributed by atoms with E-state index in [4.69, 9.17) is 17.3 Å². The van der Waals surface area contributed by atoms with Crippen molar-refractivity contribution in [2.24, 2.45) is 11.7 Å². The van der Waals surface area contributed by atoms with E-state index in [0.717, 1.165) is 25.1 Å². The zero-order valence-electron chi connectivity index (χ0n) is 11.8. The predicted molar refractivity (Wildman–Crippen MR) is 82.9 cm³/mol. The highest BCUT2D eigenvalue weighted by Crippen LogP contribution is 2.21. The molecule has 2 unspecified atom stereocenters. The highest BCUT2D eigenvalue weighted by atomic mass is 35.5. The number of halogens is 1. The Morgan fingerprint density at radius 2 is 2.10 bits per heavy atom. The number of likely N-dealkylation sites (tertiary alicyclic amines) is 1. The van der Waals surface area contributed by atoms with Crippen molar-refractivity contribution in [3.63, 3.8) is 0 Å². The summed E-state index contributed by atoms with van der Waals surface area (Å²) in [5, 5.41) is 3.56. The smallest absolute Gasteiger partial charge is 0.238 e. The van der Waals surface area contributed by atoms with Crippen molar-refractivity contribution in [1.29, 1.82) is 0 Å². The molecule has 5 heteroatoms. The third kappa shape index (κ3) is 4.20. The summed E-state index contributed by atoms with van der Waals surface area (Å²) in [5.41, 5.74) is 6.52. The molecule has 0 spiro atoms. The molecule has 1 aliphatic heterocycles. The lowest BCUT2D eigenvalue weighted by molar-refractivity contribution is -0.118. The molecule has 0 aromatic heterocycles. The maximum Gasteiger partial charge on any atom is 0.238 e. The quantitative estimate of drug-likeness (QED) is 0.896. The number of piperidine rings is 1. The van der Waals surface area contributed by atoms with Gasteiger partial charge in [-0.2, -0.15) is 0 Å². The molecule has 0 saturated carbocycles. The van der Waals surface area contributed by atoms with Gasteiger partial charge in [0.2, 0.25) is 5.91 Å². The number of hydrogen-bond acceptors (Lipinski definition) is 3. The molecule has 110 valence electrons. The summed E-state index contributed by atoms with van der Waals surface area (Å²) >= 11 is 5.82. The molecule has 0 aliphatic carbocycles. The molecule has 1 aromatic rings. The third-order valence-electron chi connectivity index (χ3n) is 3.92. The van der Waals surface area contributed by atoms with Gasteiger partial charge in [0.15, 0.2) is 0 Å². The van der Waals surface area contributed by atoms with Crippen molar-refractivity contribution < 1.29 is 4.79 Å². The minimum Gasteiger partial charge on any atom is -0.330 e. The summed E-state index contributed by atoms with van der Waals surface area (Å²) in [6.45, 7) is 4.19. The van der Waals surface area contributed by atoms with Gasteiger partial charge in [-0.05, 0) is 56.5 Å². The molecule has 1 amide bonds. The second-order valence-electron chi connectivity index (χ2n) is 5.51. The first-order chi connectivity index (χ1) is 9.58. The van der Waals surface area contributed by atoms with Crippen molar-refractivity contribution >= 4 is 23.2 Å². The Labute approximate surface area is 125 Å². The maximum atomic E-state index is 12.1. The van der Waals surface area contributed by atoms with Crippen LogP contribution < -0.4 is 11.1 Å². The van der Waals surface area contributed by atoms with Gasteiger partial charge >= 0.3 is 0 Å². The molecule has 0 bridgehead atoms. The number of anilines is 1. The van der Waals surface area contributed by atoms with Crippen molar-refractivity contribution in [1.82, 2.24) is 4.90 Å². The van der Waals surface area contributed by atoms with Gasteiger partial charge < -0.3 is 11.1 Å². The Morgan fingerprint density at radius 1 is 1.40 bits per heavy atom. The molecule has 1 saturated heterocycles. The van der Waals surface area contributed by atoms with Gasteiger partial charge in [0, 0.05) is 23.3 Å². The molecule has 3 N–H and O–H groups in total. The van der Waals surface area contributed by atoms with Crippen LogP contribution in [0.25, 0.3) is 0 Å². The number of hydrogen-bond donors (Lipinski definition) is 2. The van der Waals surface area contributed by atoms with E-state index in [9.17, 15) is 4.79 Å². The van der Waals surface area contributed by atoms with Crippen LogP contribution in [0.5, 0.6) is 0 Å². The monoisotopic (exact) mass is 295 g/mol. The van der Waals surface area contributed by atoms with Crippen molar-refractivity contribution in [3.8, 4) is 0 Å². The number of benzene rings is 1. The second kappa shape index (κ2) is 7.07. The average Bonchev–Trinajstić information content (AvgIpc) is 2.44. The number of nitrogens with zero attached hydrogens (tertiary/aromatic N) is 1. The molecule has 1 aromatic carbocycles. The van der Waals surface area contributed by atoms with E-state index in [1.807, 2.05) is 12.1 Å². The van der Waals surface area contributed by atoms with E-state index >= 15 is 0 Å². The summed E-state index contributed by atoms with van der Waals surface area (Å²) in [6.07, 6.45) is 2.27. The van der Waals surface area contributed by atoms with E-state index < -0.39 is 0 Å². The van der Waals surface area contributed by atoms with Gasteiger partial charge in [-0.15, -0.1) is 0 Å². The molecule has 2 atom stereocenters. The Morgan fingerprint density at radius 3 is 2.75 bits per heavy atom. The molecule has 4 nitrogen and oxygen atoms in total. The fraction of sp³-hybridized carbons (Fsp3) is 0.533. The normalized spacial score (nSPS) is 23.6. The first-order valence-electron chi connectivity index (χ1n) is 7.08. The van der Waals surface area contributed by atoms with Crippen molar-refractivity contribution in [3.05, 3.63) is 29.3 Å². The molecule has 0 radical (unpaired) electrons. The highest BCUT2D eigenvalue weighted by Gasteiger charge is 2.25. The largest absolute Gasteiger partial charge is 0.330 e. The standard InChI is InChI=1S/C15H22ClN3O/c1-11-2-3-12(8-17)9-19(11)10-15(20)18-14-6-4-13(16)5-7-14/h4-7,11-12H,2-3,8-10,17H2,1H3,(H,18,20). The predicted octanol–water partition coefficient (Wildman–Crippen LogP) is 2.34. The summed E-state index contributed by atoms with van der Waals surface area (Å²) in [6, 6.07) is 7.59. The summed E-state index contributed by atoms with van der Waals surface area (Å²) < 4.78 is 0. The first kappa shape index (κ1) is 15.3. The maximum absolute atomic E-state index is 12.1. The van der Waals surface area contributed by atoms with Crippen LogP contribution in [0.4, 0.5) is 5.69 Å². The topological polar surface area (TPSA) is 58.4 Å². The SMILES string of the molecule is CC1CCC(CN)CN1CC(=O)Nc1ccc(Cl)cc1. The lowest BCUT2D eigenvalue weighted by atomic mass is 9.93. The molecule has 2 rings (SSSR count). The van der Waals surface area contributed by atoms with Gasteiger partial charge in [0.05, 0.1) is 6.54 Å². The number of amides is 1. The second-order valence-corrected chi connectivity index (χ2v) is 5.95. The van der Waals surface area contributed by atoms with E-state index in [0.29, 0.717) is 30.1 Å². The number of carbonyl (C=O) groups excluding carboxylic acids is 1. The van der Waals surface area contributed by atoms with Crippen molar-refractivity contribution in [2.75, 3.05) is 25.0 Å². The summed E-state index contributed by atoms with van der Waals surface area (Å²) in [7, 11) is 0. The van der Waals surface area contributed by atoms with E-state index in [1.165, 1.54) is 0 Å². The van der Waals surface area contributed by atoms with Crippen LogP contribution in [0.3, 0.4) is 0 Å². The highest BCUT2D eigenvalue weighted by molar-refractivity contribution is 6.30. The number of rotatable bonds is 4. The zero-order chi connectivity index (χ0) is 14.5. The van der Waals surface area contributed by atoms with Gasteiger partial charge in [0.25, 0.3) is 0 Å². The van der Waals surface area contributed by atoms with Crippen LogP contribution in [0.15, 0.2) is 24.3 Å². The Kier molecular flexibility index (Phi) is 5.40. The number of carbonyl (C=O) groups is 1. The fourth-order valence-electron chi connectivity index (χ4n) is 2.59. The lowest BCUT2D eigenvalue weighted by Gasteiger charge is -2.37. The van der Waals surface area contributed by atoms with E-state index in [-0.39, 0.29) is 5.91 Å². The molecule has 20 heavy (non-hydrogen) atoms. The molecule has 1 fully saturated rings. The third-order valence-corrected chi connectivity index (χ3v) is 4.17. The van der Waals surface area contributed by atoms with Crippen LogP contribution in [-0.4, -0.2) is 36.5 Å². The lowest BCUT2D eigenvalue weighted by Crippen LogP contribution is -2.47. The first-order valence-corrected chi connectivity index (χ1v) is 7.46. The average molecular weight is 296 g/mol. The molecule has 1 heterocycles. The Bertz CT molecular complexity index is 449. The van der Waals surface area contributed by atoms with Crippen LogP contribution >= 0.6 is 11.6 Å². The van der Waals surface area contributed by atoms with E-state index in [2.05, 4.69) is 17.1 Å².